The fourth-order valence-electron chi connectivity index (χ4n) is 1.88. The van der Waals surface area contributed by atoms with Crippen LogP contribution in [0.15, 0.2) is 29.2 Å². The third-order valence-electron chi connectivity index (χ3n) is 3.02. The van der Waals surface area contributed by atoms with Gasteiger partial charge in [-0.3, -0.25) is 14.5 Å². The number of methoxy groups -OCH3 is 1. The summed E-state index contributed by atoms with van der Waals surface area (Å²) in [5.74, 6) is 0.0752. The summed E-state index contributed by atoms with van der Waals surface area (Å²) in [4.78, 5) is 25.7. The molecule has 122 valence electrons. The van der Waals surface area contributed by atoms with E-state index in [1.165, 1.54) is 4.90 Å². The highest BCUT2D eigenvalue weighted by Gasteiger charge is 2.33. The van der Waals surface area contributed by atoms with Gasteiger partial charge in [0.2, 0.25) is 5.91 Å². The van der Waals surface area contributed by atoms with Crippen LogP contribution in [-0.2, 0) is 9.59 Å². The lowest BCUT2D eigenvalue weighted by atomic mass is 10.2. The van der Waals surface area contributed by atoms with E-state index < -0.39 is 0 Å². The van der Waals surface area contributed by atoms with Crippen molar-refractivity contribution in [3.63, 3.8) is 0 Å². The van der Waals surface area contributed by atoms with Gasteiger partial charge in [-0.1, -0.05) is 36.1 Å². The van der Waals surface area contributed by atoms with Gasteiger partial charge >= 0.3 is 0 Å². The largest absolute Gasteiger partial charge is 0.497 e. The van der Waals surface area contributed by atoms with Gasteiger partial charge in [0.15, 0.2) is 0 Å². The second kappa shape index (κ2) is 8.09. The standard InChI is InChI=1S/C15H16N2O4S2/c1-21-11-4-2-10(3-5-11)8-12-14(20)17(15(22)23-12)9-13(19)16-6-7-18/h2-5,8,18H,6-7,9H2,1H3,(H,16,19)/b12-8+. The molecule has 0 atom stereocenters. The molecule has 0 saturated carbocycles. The van der Waals surface area contributed by atoms with Crippen molar-refractivity contribution < 1.29 is 19.4 Å². The van der Waals surface area contributed by atoms with Crippen molar-refractivity contribution >= 4 is 46.2 Å². The van der Waals surface area contributed by atoms with E-state index in [1.807, 2.05) is 12.1 Å². The Kier molecular flexibility index (Phi) is 6.14. The lowest BCUT2D eigenvalue weighted by Gasteiger charge is -2.13. The zero-order valence-corrected chi connectivity index (χ0v) is 14.1. The lowest BCUT2D eigenvalue weighted by molar-refractivity contribution is -0.128. The first-order valence-corrected chi connectivity index (χ1v) is 8.04. The van der Waals surface area contributed by atoms with Gasteiger partial charge in [-0.2, -0.15) is 0 Å². The summed E-state index contributed by atoms with van der Waals surface area (Å²) in [5, 5.41) is 11.2. The molecule has 0 spiro atoms. The Balaban J connectivity index is 2.07. The third kappa shape index (κ3) is 4.54. The molecule has 0 aliphatic carbocycles. The average molecular weight is 352 g/mol. The Bertz CT molecular complexity index is 643. The maximum Gasteiger partial charge on any atom is 0.266 e. The number of benzene rings is 1. The second-order valence-corrected chi connectivity index (χ2v) is 6.29. The molecule has 1 aliphatic rings. The van der Waals surface area contributed by atoms with Crippen LogP contribution in [0.1, 0.15) is 5.56 Å². The molecule has 1 heterocycles. The van der Waals surface area contributed by atoms with Crippen LogP contribution in [0.5, 0.6) is 5.75 Å². The molecule has 1 aromatic carbocycles. The van der Waals surface area contributed by atoms with Crippen LogP contribution in [0.3, 0.4) is 0 Å². The Labute approximate surface area is 143 Å². The number of carbonyl (C=O) groups is 2. The molecule has 0 bridgehead atoms. The molecular weight excluding hydrogens is 336 g/mol. The molecule has 23 heavy (non-hydrogen) atoms. The zero-order valence-electron chi connectivity index (χ0n) is 12.4. The molecule has 0 aromatic heterocycles. The molecule has 1 aromatic rings. The van der Waals surface area contributed by atoms with E-state index in [0.29, 0.717) is 9.23 Å². The zero-order chi connectivity index (χ0) is 16.8. The van der Waals surface area contributed by atoms with Gasteiger partial charge in [-0.15, -0.1) is 0 Å². The second-order valence-electron chi connectivity index (χ2n) is 4.61. The van der Waals surface area contributed by atoms with Crippen LogP contribution in [-0.4, -0.2) is 52.9 Å². The van der Waals surface area contributed by atoms with E-state index >= 15 is 0 Å². The predicted octanol–water partition coefficient (Wildman–Crippen LogP) is 1.00. The topological polar surface area (TPSA) is 78.9 Å². The molecule has 6 nitrogen and oxygen atoms in total. The fourth-order valence-corrected chi connectivity index (χ4v) is 3.14. The van der Waals surface area contributed by atoms with Gasteiger partial charge in [0.1, 0.15) is 16.6 Å². The van der Waals surface area contributed by atoms with Crippen molar-refractivity contribution in [2.24, 2.45) is 0 Å². The number of hydrogen-bond acceptors (Lipinski definition) is 6. The molecule has 2 N–H and O–H groups in total. The van der Waals surface area contributed by atoms with E-state index in [-0.39, 0.29) is 31.5 Å². The Morgan fingerprint density at radius 2 is 2.13 bits per heavy atom. The number of rotatable bonds is 6. The molecular formula is C15H16N2O4S2. The van der Waals surface area contributed by atoms with Crippen molar-refractivity contribution in [3.8, 4) is 5.75 Å². The molecule has 8 heteroatoms. The molecule has 1 aliphatic heterocycles. The van der Waals surface area contributed by atoms with Crippen LogP contribution >= 0.6 is 24.0 Å². The van der Waals surface area contributed by atoms with Gasteiger partial charge in [0, 0.05) is 6.54 Å². The molecule has 1 fully saturated rings. The van der Waals surface area contributed by atoms with E-state index in [9.17, 15) is 9.59 Å². The summed E-state index contributed by atoms with van der Waals surface area (Å²) in [6.07, 6.45) is 1.73. The molecule has 2 amide bonds. The first-order valence-electron chi connectivity index (χ1n) is 6.82. The van der Waals surface area contributed by atoms with Crippen molar-refractivity contribution in [3.05, 3.63) is 34.7 Å². The average Bonchev–Trinajstić information content (AvgIpc) is 2.81. The highest BCUT2D eigenvalue weighted by atomic mass is 32.2. The minimum absolute atomic E-state index is 0.148. The van der Waals surface area contributed by atoms with Crippen molar-refractivity contribution in [1.29, 1.82) is 0 Å². The minimum Gasteiger partial charge on any atom is -0.497 e. The highest BCUT2D eigenvalue weighted by Crippen LogP contribution is 2.32. The fraction of sp³-hybridized carbons (Fsp3) is 0.267. The summed E-state index contributed by atoms with van der Waals surface area (Å²) in [6.45, 7) is -0.151. The number of hydrogen-bond donors (Lipinski definition) is 2. The third-order valence-corrected chi connectivity index (χ3v) is 4.40. The van der Waals surface area contributed by atoms with Crippen LogP contribution < -0.4 is 10.1 Å². The van der Waals surface area contributed by atoms with Gasteiger partial charge in [0.05, 0.1) is 18.6 Å². The maximum absolute atomic E-state index is 12.3. The van der Waals surface area contributed by atoms with Gasteiger partial charge in [-0.05, 0) is 23.8 Å². The maximum atomic E-state index is 12.3. The van der Waals surface area contributed by atoms with Crippen LogP contribution in [0, 0.1) is 0 Å². The Morgan fingerprint density at radius 1 is 1.43 bits per heavy atom. The number of carbonyl (C=O) groups excluding carboxylic acids is 2. The monoisotopic (exact) mass is 352 g/mol. The molecule has 0 unspecified atom stereocenters. The van der Waals surface area contributed by atoms with Crippen LogP contribution in [0.2, 0.25) is 0 Å². The summed E-state index contributed by atoms with van der Waals surface area (Å²) >= 11 is 6.32. The number of nitrogens with one attached hydrogen (secondary N) is 1. The first-order chi connectivity index (χ1) is 11.0. The molecule has 0 radical (unpaired) electrons. The number of nitrogens with zero attached hydrogens (tertiary/aromatic N) is 1. The Hall–Kier alpha value is -1.90. The van der Waals surface area contributed by atoms with Crippen molar-refractivity contribution in [2.45, 2.75) is 0 Å². The summed E-state index contributed by atoms with van der Waals surface area (Å²) in [5.41, 5.74) is 0.844. The first kappa shape index (κ1) is 17.5. The van der Waals surface area contributed by atoms with E-state index in [4.69, 9.17) is 22.1 Å². The van der Waals surface area contributed by atoms with Crippen LogP contribution in [0.25, 0.3) is 6.08 Å². The molecule has 2 rings (SSSR count). The van der Waals surface area contributed by atoms with Crippen molar-refractivity contribution in [2.75, 3.05) is 26.8 Å². The van der Waals surface area contributed by atoms with E-state index in [1.54, 1.807) is 25.3 Å². The highest BCUT2D eigenvalue weighted by molar-refractivity contribution is 8.26. The van der Waals surface area contributed by atoms with Crippen LogP contribution in [0.4, 0.5) is 0 Å². The summed E-state index contributed by atoms with van der Waals surface area (Å²) in [6, 6.07) is 7.27. The number of thiocarbonyl (C=S) groups is 1. The SMILES string of the molecule is COc1ccc(/C=C2/SC(=S)N(CC(=O)NCCO)C2=O)cc1. The normalized spacial score (nSPS) is 16.1. The number of thioether (sulfide) groups is 1. The summed E-state index contributed by atoms with van der Waals surface area (Å²) < 4.78 is 5.43. The summed E-state index contributed by atoms with van der Waals surface area (Å²) in [7, 11) is 1.59. The lowest BCUT2D eigenvalue weighted by Crippen LogP contribution is -2.40. The predicted molar refractivity (Wildman–Crippen MR) is 93.0 cm³/mol. The van der Waals surface area contributed by atoms with Gasteiger partial charge < -0.3 is 15.2 Å². The quantitative estimate of drug-likeness (QED) is 0.588. The Morgan fingerprint density at radius 3 is 2.74 bits per heavy atom. The van der Waals surface area contributed by atoms with Gasteiger partial charge in [0.25, 0.3) is 5.91 Å². The van der Waals surface area contributed by atoms with E-state index in [2.05, 4.69) is 5.32 Å². The van der Waals surface area contributed by atoms with Crippen molar-refractivity contribution in [1.82, 2.24) is 10.2 Å². The molecule has 1 saturated heterocycles. The van der Waals surface area contributed by atoms with E-state index in [0.717, 1.165) is 23.1 Å². The number of aliphatic hydroxyl groups is 1. The number of ether oxygens (including phenoxy) is 1. The minimum atomic E-state index is -0.360. The number of aliphatic hydroxyl groups excluding tert-OH is 1. The number of amides is 2. The smallest absolute Gasteiger partial charge is 0.266 e. The van der Waals surface area contributed by atoms with Gasteiger partial charge in [-0.25, -0.2) is 0 Å².